The lowest BCUT2D eigenvalue weighted by molar-refractivity contribution is 0.0374. The Kier molecular flexibility index (Phi) is 4.37. The van der Waals surface area contributed by atoms with E-state index in [1.807, 2.05) is 24.3 Å². The minimum atomic E-state index is -0.221. The molecule has 0 saturated heterocycles. The normalized spacial score (nSPS) is 22.2. The summed E-state index contributed by atoms with van der Waals surface area (Å²) in [5, 5.41) is 0. The zero-order valence-corrected chi connectivity index (χ0v) is 9.97. The number of benzene rings is 1. The maximum absolute atomic E-state index is 11.9. The van der Waals surface area contributed by atoms with Crippen LogP contribution in [0.4, 0.5) is 0 Å². The first-order valence-electron chi connectivity index (χ1n) is 6.29. The van der Waals surface area contributed by atoms with Gasteiger partial charge in [0.2, 0.25) is 0 Å². The highest BCUT2D eigenvalue weighted by atomic mass is 16.5. The van der Waals surface area contributed by atoms with E-state index in [4.69, 9.17) is 4.74 Å². The molecule has 1 atom stereocenters. The predicted molar refractivity (Wildman–Crippen MR) is 67.9 cm³/mol. The molecule has 2 heteroatoms. The fraction of sp³-hybridized carbons (Fsp3) is 0.400. The lowest BCUT2D eigenvalue weighted by Crippen LogP contribution is -2.16. The summed E-state index contributed by atoms with van der Waals surface area (Å²) in [6, 6.07) is 9.17. The van der Waals surface area contributed by atoms with Gasteiger partial charge in [0.25, 0.3) is 0 Å². The molecule has 0 fully saturated rings. The predicted octanol–water partition coefficient (Wildman–Crippen LogP) is 3.73. The van der Waals surface area contributed by atoms with E-state index in [0.717, 1.165) is 19.3 Å². The van der Waals surface area contributed by atoms with Crippen LogP contribution in [-0.4, -0.2) is 12.1 Å². The minimum absolute atomic E-state index is 0.0528. The number of hydrogen-bond donors (Lipinski definition) is 0. The summed E-state index contributed by atoms with van der Waals surface area (Å²) in [4.78, 5) is 11.9. The molecular formula is C15H18O2. The van der Waals surface area contributed by atoms with Gasteiger partial charge in [-0.25, -0.2) is 4.79 Å². The van der Waals surface area contributed by atoms with Crippen LogP contribution < -0.4 is 0 Å². The second kappa shape index (κ2) is 6.24. The van der Waals surface area contributed by atoms with Gasteiger partial charge in [0.05, 0.1) is 5.56 Å². The number of carbonyl (C=O) groups excluding carboxylic acids is 1. The van der Waals surface area contributed by atoms with Crippen LogP contribution in [0.3, 0.4) is 0 Å². The zero-order valence-electron chi connectivity index (χ0n) is 9.97. The number of ether oxygens (including phenoxy) is 1. The molecule has 90 valence electrons. The van der Waals surface area contributed by atoms with Crippen LogP contribution in [0, 0.1) is 0 Å². The quantitative estimate of drug-likeness (QED) is 0.571. The molecule has 0 aliphatic heterocycles. The van der Waals surface area contributed by atoms with E-state index in [1.165, 1.54) is 12.8 Å². The van der Waals surface area contributed by atoms with Crippen molar-refractivity contribution in [3.05, 3.63) is 48.0 Å². The van der Waals surface area contributed by atoms with Crippen molar-refractivity contribution in [1.82, 2.24) is 0 Å². The standard InChI is InChI=1S/C15H18O2/c16-15(13-9-5-4-6-10-13)17-14-11-7-2-1-3-8-12-14/h4-7,9-11,14H,1-3,8,12H2/b11-7+. The second-order valence-corrected chi connectivity index (χ2v) is 4.38. The molecule has 2 nitrogen and oxygen atoms in total. The maximum Gasteiger partial charge on any atom is 0.338 e. The van der Waals surface area contributed by atoms with E-state index in [0.29, 0.717) is 5.56 Å². The van der Waals surface area contributed by atoms with Gasteiger partial charge in [-0.3, -0.25) is 0 Å². The third-order valence-electron chi connectivity index (χ3n) is 2.98. The van der Waals surface area contributed by atoms with E-state index in [9.17, 15) is 4.79 Å². The van der Waals surface area contributed by atoms with Gasteiger partial charge in [0.15, 0.2) is 0 Å². The van der Waals surface area contributed by atoms with Crippen molar-refractivity contribution < 1.29 is 9.53 Å². The molecule has 1 aromatic carbocycles. The van der Waals surface area contributed by atoms with E-state index >= 15 is 0 Å². The van der Waals surface area contributed by atoms with Crippen molar-refractivity contribution in [1.29, 1.82) is 0 Å². The Morgan fingerprint density at radius 2 is 1.94 bits per heavy atom. The Morgan fingerprint density at radius 1 is 1.12 bits per heavy atom. The molecule has 0 bridgehead atoms. The smallest absolute Gasteiger partial charge is 0.338 e. The Balaban J connectivity index is 1.95. The molecule has 1 unspecified atom stereocenters. The number of esters is 1. The molecule has 1 aliphatic rings. The van der Waals surface area contributed by atoms with E-state index in [1.54, 1.807) is 12.1 Å². The molecule has 0 saturated carbocycles. The minimum Gasteiger partial charge on any atom is -0.455 e. The van der Waals surface area contributed by atoms with Gasteiger partial charge in [-0.2, -0.15) is 0 Å². The third-order valence-corrected chi connectivity index (χ3v) is 2.98. The van der Waals surface area contributed by atoms with Crippen molar-refractivity contribution >= 4 is 5.97 Å². The molecule has 0 radical (unpaired) electrons. The molecule has 2 rings (SSSR count). The van der Waals surface area contributed by atoms with E-state index in [-0.39, 0.29) is 12.1 Å². The molecule has 0 heterocycles. The van der Waals surface area contributed by atoms with Gasteiger partial charge in [-0.1, -0.05) is 30.7 Å². The Morgan fingerprint density at radius 3 is 2.76 bits per heavy atom. The van der Waals surface area contributed by atoms with Gasteiger partial charge >= 0.3 is 5.97 Å². The molecule has 17 heavy (non-hydrogen) atoms. The van der Waals surface area contributed by atoms with Crippen LogP contribution in [0.25, 0.3) is 0 Å². The number of hydrogen-bond acceptors (Lipinski definition) is 2. The highest BCUT2D eigenvalue weighted by molar-refractivity contribution is 5.89. The first-order chi connectivity index (χ1) is 8.36. The van der Waals surface area contributed by atoms with Gasteiger partial charge < -0.3 is 4.74 Å². The van der Waals surface area contributed by atoms with Crippen molar-refractivity contribution in [3.63, 3.8) is 0 Å². The van der Waals surface area contributed by atoms with E-state index < -0.39 is 0 Å². The van der Waals surface area contributed by atoms with Gasteiger partial charge in [0, 0.05) is 0 Å². The SMILES string of the molecule is O=C(OC1/C=C/CCCCC1)c1ccccc1. The highest BCUT2D eigenvalue weighted by Crippen LogP contribution is 2.15. The Bertz CT molecular complexity index is 381. The monoisotopic (exact) mass is 230 g/mol. The second-order valence-electron chi connectivity index (χ2n) is 4.38. The largest absolute Gasteiger partial charge is 0.455 e. The molecule has 0 aromatic heterocycles. The van der Waals surface area contributed by atoms with Crippen molar-refractivity contribution in [2.24, 2.45) is 0 Å². The number of rotatable bonds is 2. The van der Waals surface area contributed by atoms with Crippen molar-refractivity contribution in [2.45, 2.75) is 38.2 Å². The summed E-state index contributed by atoms with van der Waals surface area (Å²) >= 11 is 0. The molecule has 1 aromatic rings. The first kappa shape index (κ1) is 11.9. The highest BCUT2D eigenvalue weighted by Gasteiger charge is 2.13. The fourth-order valence-corrected chi connectivity index (χ4v) is 2.01. The average molecular weight is 230 g/mol. The zero-order chi connectivity index (χ0) is 11.9. The van der Waals surface area contributed by atoms with Crippen molar-refractivity contribution in [2.75, 3.05) is 0 Å². The van der Waals surface area contributed by atoms with Crippen LogP contribution in [0.1, 0.15) is 42.5 Å². The van der Waals surface area contributed by atoms with Gasteiger partial charge in [-0.15, -0.1) is 0 Å². The fourth-order valence-electron chi connectivity index (χ4n) is 2.01. The topological polar surface area (TPSA) is 26.3 Å². The Hall–Kier alpha value is -1.57. The molecular weight excluding hydrogens is 212 g/mol. The first-order valence-corrected chi connectivity index (χ1v) is 6.29. The van der Waals surface area contributed by atoms with Crippen molar-refractivity contribution in [3.8, 4) is 0 Å². The lowest BCUT2D eigenvalue weighted by atomic mass is 10.0. The molecule has 0 N–H and O–H groups in total. The summed E-state index contributed by atoms with van der Waals surface area (Å²) in [5.74, 6) is -0.221. The van der Waals surface area contributed by atoms with Gasteiger partial charge in [-0.05, 0) is 43.9 Å². The number of allylic oxidation sites excluding steroid dienone is 1. The van der Waals surface area contributed by atoms with Crippen LogP contribution in [0.15, 0.2) is 42.5 Å². The van der Waals surface area contributed by atoms with Gasteiger partial charge in [0.1, 0.15) is 6.10 Å². The third kappa shape index (κ3) is 3.74. The summed E-state index contributed by atoms with van der Waals surface area (Å²) in [5.41, 5.74) is 0.628. The Labute approximate surface area is 102 Å². The summed E-state index contributed by atoms with van der Waals surface area (Å²) in [7, 11) is 0. The number of carbonyl (C=O) groups is 1. The van der Waals surface area contributed by atoms with E-state index in [2.05, 4.69) is 6.08 Å². The molecule has 0 amide bonds. The summed E-state index contributed by atoms with van der Waals surface area (Å²) < 4.78 is 5.49. The lowest BCUT2D eigenvalue weighted by Gasteiger charge is -2.16. The van der Waals surface area contributed by atoms with Crippen LogP contribution >= 0.6 is 0 Å². The molecule has 0 spiro atoms. The maximum atomic E-state index is 11.9. The molecule has 1 aliphatic carbocycles. The van der Waals surface area contributed by atoms with Crippen LogP contribution in [-0.2, 0) is 4.74 Å². The van der Waals surface area contributed by atoms with Crippen LogP contribution in [0.5, 0.6) is 0 Å². The summed E-state index contributed by atoms with van der Waals surface area (Å²) in [6.07, 6.45) is 9.75. The summed E-state index contributed by atoms with van der Waals surface area (Å²) in [6.45, 7) is 0. The average Bonchev–Trinajstić information content (AvgIpc) is 2.33. The van der Waals surface area contributed by atoms with Crippen LogP contribution in [0.2, 0.25) is 0 Å².